The molecule has 1 N–H and O–H groups in total. The van der Waals surface area contributed by atoms with Crippen molar-refractivity contribution in [3.63, 3.8) is 0 Å². The predicted molar refractivity (Wildman–Crippen MR) is 73.2 cm³/mol. The number of aryl methyl sites for hydroxylation is 1. The van der Waals surface area contributed by atoms with E-state index in [2.05, 4.69) is 10.1 Å². The highest BCUT2D eigenvalue weighted by Gasteiger charge is 2.33. The van der Waals surface area contributed by atoms with Crippen LogP contribution >= 0.6 is 0 Å². The highest BCUT2D eigenvalue weighted by atomic mass is 19.4. The van der Waals surface area contributed by atoms with E-state index in [1.165, 1.54) is 12.1 Å². The highest BCUT2D eigenvalue weighted by molar-refractivity contribution is 5.31. The second-order valence-electron chi connectivity index (χ2n) is 5.55. The van der Waals surface area contributed by atoms with Crippen molar-refractivity contribution in [2.75, 3.05) is 6.61 Å². The van der Waals surface area contributed by atoms with Crippen LogP contribution in [-0.4, -0.2) is 26.5 Å². The lowest BCUT2D eigenvalue weighted by Crippen LogP contribution is -2.23. The van der Waals surface area contributed by atoms with Crippen LogP contribution in [-0.2, 0) is 25.6 Å². The van der Waals surface area contributed by atoms with E-state index in [-0.39, 0.29) is 24.5 Å². The minimum absolute atomic E-state index is 0.0550. The van der Waals surface area contributed by atoms with E-state index in [9.17, 15) is 18.3 Å². The van der Waals surface area contributed by atoms with Crippen molar-refractivity contribution in [1.82, 2.24) is 14.8 Å². The third-order valence-corrected chi connectivity index (χ3v) is 3.93. The third kappa shape index (κ3) is 2.99. The molecule has 0 saturated carbocycles. The second-order valence-corrected chi connectivity index (χ2v) is 5.55. The zero-order valence-electron chi connectivity index (χ0n) is 11.8. The number of alkyl halides is 3. The quantitative estimate of drug-likeness (QED) is 0.947. The topological polar surface area (TPSA) is 50.9 Å². The summed E-state index contributed by atoms with van der Waals surface area (Å²) in [5.74, 6) is 1.32. The normalized spacial score (nSPS) is 18.3. The number of fused-ring (bicyclic) bond motifs is 1. The Hall–Kier alpha value is -1.89. The van der Waals surface area contributed by atoms with Crippen LogP contribution in [0.4, 0.5) is 13.2 Å². The molecule has 2 heterocycles. The molecule has 22 heavy (non-hydrogen) atoms. The first kappa shape index (κ1) is 15.0. The van der Waals surface area contributed by atoms with E-state index in [1.807, 2.05) is 0 Å². The molecular formula is C15H16F3N3O. The molecular weight excluding hydrogens is 295 g/mol. The molecule has 0 saturated heterocycles. The maximum Gasteiger partial charge on any atom is 0.416 e. The predicted octanol–water partition coefficient (Wildman–Crippen LogP) is 2.44. The first-order chi connectivity index (χ1) is 10.5. The lowest BCUT2D eigenvalue weighted by atomic mass is 10.0. The summed E-state index contributed by atoms with van der Waals surface area (Å²) in [7, 11) is 0. The molecule has 0 amide bonds. The molecule has 1 aliphatic rings. The SMILES string of the molecule is OCC1CCc2nc(Cc3ccccc3C(F)(F)F)nn2C1. The Bertz CT molecular complexity index is 666. The number of halogens is 3. The number of rotatable bonds is 3. The Kier molecular flexibility index (Phi) is 3.90. The lowest BCUT2D eigenvalue weighted by molar-refractivity contribution is -0.138. The Labute approximate surface area is 125 Å². The largest absolute Gasteiger partial charge is 0.416 e. The van der Waals surface area contributed by atoms with Gasteiger partial charge in [-0.25, -0.2) is 9.67 Å². The Morgan fingerprint density at radius 2 is 2.05 bits per heavy atom. The minimum atomic E-state index is -4.38. The van der Waals surface area contributed by atoms with Crippen LogP contribution in [0.15, 0.2) is 24.3 Å². The number of hydrogen-bond donors (Lipinski definition) is 1. The monoisotopic (exact) mass is 311 g/mol. The van der Waals surface area contributed by atoms with Crippen LogP contribution in [0.1, 0.15) is 29.2 Å². The van der Waals surface area contributed by atoms with E-state index >= 15 is 0 Å². The summed E-state index contributed by atoms with van der Waals surface area (Å²) in [6.07, 6.45) is -2.80. The first-order valence-corrected chi connectivity index (χ1v) is 7.16. The second kappa shape index (κ2) is 5.72. The summed E-state index contributed by atoms with van der Waals surface area (Å²) >= 11 is 0. The maximum absolute atomic E-state index is 13.0. The van der Waals surface area contributed by atoms with Crippen molar-refractivity contribution in [3.8, 4) is 0 Å². The van der Waals surface area contributed by atoms with Gasteiger partial charge in [-0.2, -0.15) is 18.3 Å². The molecule has 1 unspecified atom stereocenters. The Balaban J connectivity index is 1.85. The maximum atomic E-state index is 13.0. The van der Waals surface area contributed by atoms with Gasteiger partial charge in [0.1, 0.15) is 5.82 Å². The molecule has 7 heteroatoms. The highest BCUT2D eigenvalue weighted by Crippen LogP contribution is 2.32. The zero-order valence-corrected chi connectivity index (χ0v) is 11.8. The molecule has 0 spiro atoms. The van der Waals surface area contributed by atoms with Gasteiger partial charge in [0.15, 0.2) is 5.82 Å². The summed E-state index contributed by atoms with van der Waals surface area (Å²) in [6.45, 7) is 0.658. The van der Waals surface area contributed by atoms with Crippen LogP contribution in [0.2, 0.25) is 0 Å². The van der Waals surface area contributed by atoms with Crippen LogP contribution < -0.4 is 0 Å². The molecule has 3 rings (SSSR count). The van der Waals surface area contributed by atoms with Crippen LogP contribution in [0.25, 0.3) is 0 Å². The lowest BCUT2D eigenvalue weighted by Gasteiger charge is -2.19. The van der Waals surface area contributed by atoms with Gasteiger partial charge in [0.2, 0.25) is 0 Å². The van der Waals surface area contributed by atoms with Crippen molar-refractivity contribution in [2.45, 2.75) is 32.0 Å². The standard InChI is InChI=1S/C15H16F3N3O/c16-15(17,18)12-4-2-1-3-11(12)7-13-19-14-6-5-10(9-22)8-21(14)20-13/h1-4,10,22H,5-9H2. The number of aliphatic hydroxyl groups is 1. The number of benzene rings is 1. The van der Waals surface area contributed by atoms with Gasteiger partial charge in [-0.1, -0.05) is 18.2 Å². The molecule has 1 aliphatic heterocycles. The van der Waals surface area contributed by atoms with E-state index in [0.717, 1.165) is 18.3 Å². The fraction of sp³-hybridized carbons (Fsp3) is 0.467. The molecule has 118 valence electrons. The number of hydrogen-bond acceptors (Lipinski definition) is 3. The van der Waals surface area contributed by atoms with Gasteiger partial charge >= 0.3 is 6.18 Å². The minimum Gasteiger partial charge on any atom is -0.396 e. The van der Waals surface area contributed by atoms with Crippen LogP contribution in [0.5, 0.6) is 0 Å². The summed E-state index contributed by atoms with van der Waals surface area (Å²) in [5, 5.41) is 13.5. The van der Waals surface area contributed by atoms with Gasteiger partial charge in [0.25, 0.3) is 0 Å². The fourth-order valence-electron chi connectivity index (χ4n) is 2.77. The molecule has 0 aliphatic carbocycles. The number of nitrogens with zero attached hydrogens (tertiary/aromatic N) is 3. The van der Waals surface area contributed by atoms with Crippen molar-refractivity contribution in [3.05, 3.63) is 47.0 Å². The van der Waals surface area contributed by atoms with E-state index in [4.69, 9.17) is 0 Å². The van der Waals surface area contributed by atoms with Crippen LogP contribution in [0, 0.1) is 5.92 Å². The van der Waals surface area contributed by atoms with Gasteiger partial charge < -0.3 is 5.11 Å². The molecule has 1 atom stereocenters. The summed E-state index contributed by atoms with van der Waals surface area (Å²) in [5.41, 5.74) is -0.465. The molecule has 4 nitrogen and oxygen atoms in total. The summed E-state index contributed by atoms with van der Waals surface area (Å²) in [4.78, 5) is 4.34. The van der Waals surface area contributed by atoms with Crippen LogP contribution in [0.3, 0.4) is 0 Å². The summed E-state index contributed by atoms with van der Waals surface area (Å²) < 4.78 is 40.7. The van der Waals surface area contributed by atoms with Crippen molar-refractivity contribution >= 4 is 0 Å². The number of aromatic nitrogens is 3. The van der Waals surface area contributed by atoms with Gasteiger partial charge in [-0.15, -0.1) is 0 Å². The Morgan fingerprint density at radius 1 is 1.27 bits per heavy atom. The smallest absolute Gasteiger partial charge is 0.396 e. The molecule has 0 bridgehead atoms. The van der Waals surface area contributed by atoms with E-state index in [0.29, 0.717) is 18.8 Å². The van der Waals surface area contributed by atoms with Gasteiger partial charge in [-0.3, -0.25) is 0 Å². The van der Waals surface area contributed by atoms with E-state index < -0.39 is 11.7 Å². The molecule has 1 aromatic heterocycles. The van der Waals surface area contributed by atoms with Gasteiger partial charge in [0, 0.05) is 31.9 Å². The van der Waals surface area contributed by atoms with E-state index in [1.54, 1.807) is 10.7 Å². The zero-order chi connectivity index (χ0) is 15.7. The van der Waals surface area contributed by atoms with Gasteiger partial charge in [0.05, 0.1) is 5.56 Å². The summed E-state index contributed by atoms with van der Waals surface area (Å²) in [6, 6.07) is 5.50. The molecule has 0 fully saturated rings. The fourth-order valence-corrected chi connectivity index (χ4v) is 2.77. The third-order valence-electron chi connectivity index (χ3n) is 3.93. The average Bonchev–Trinajstić information content (AvgIpc) is 2.87. The molecule has 2 aromatic rings. The number of aliphatic hydroxyl groups excluding tert-OH is 1. The van der Waals surface area contributed by atoms with Gasteiger partial charge in [-0.05, 0) is 18.1 Å². The molecule has 1 aromatic carbocycles. The molecule has 0 radical (unpaired) electrons. The first-order valence-electron chi connectivity index (χ1n) is 7.16. The van der Waals surface area contributed by atoms with Crippen molar-refractivity contribution in [1.29, 1.82) is 0 Å². The van der Waals surface area contributed by atoms with Crippen molar-refractivity contribution < 1.29 is 18.3 Å². The average molecular weight is 311 g/mol. The van der Waals surface area contributed by atoms with Crippen molar-refractivity contribution in [2.24, 2.45) is 5.92 Å². The Morgan fingerprint density at radius 3 is 2.77 bits per heavy atom.